The van der Waals surface area contributed by atoms with Gasteiger partial charge in [-0.3, -0.25) is 4.79 Å². The Morgan fingerprint density at radius 3 is 2.56 bits per heavy atom. The Bertz CT molecular complexity index is 393. The molecule has 1 aromatic carbocycles. The molecule has 0 aromatic heterocycles. The number of carbonyl (C=O) groups is 1. The fourth-order valence-corrected chi connectivity index (χ4v) is 1.26. The second kappa shape index (κ2) is 4.91. The Morgan fingerprint density at radius 1 is 1.38 bits per heavy atom. The molecule has 0 amide bonds. The van der Waals surface area contributed by atoms with Crippen LogP contribution in [0.3, 0.4) is 0 Å². The molecule has 88 valence electrons. The van der Waals surface area contributed by atoms with Crippen molar-refractivity contribution < 1.29 is 29.6 Å². The number of hydrogen-bond donors (Lipinski definition) is 4. The molecular weight excluding hydrogens is 219 g/mol. The van der Waals surface area contributed by atoms with Crippen molar-refractivity contribution in [3.63, 3.8) is 0 Å². The minimum atomic E-state index is -1.65. The van der Waals surface area contributed by atoms with E-state index < -0.39 is 36.2 Å². The maximum atomic E-state index is 12.8. The highest BCUT2D eigenvalue weighted by atomic mass is 19.1. The van der Waals surface area contributed by atoms with Gasteiger partial charge in [0.05, 0.1) is 12.5 Å². The number of aliphatic hydroxyl groups is 2. The van der Waals surface area contributed by atoms with Crippen LogP contribution < -0.4 is 0 Å². The van der Waals surface area contributed by atoms with E-state index >= 15 is 0 Å². The highest BCUT2D eigenvalue weighted by molar-refractivity contribution is 5.67. The third-order valence-electron chi connectivity index (χ3n) is 2.06. The summed E-state index contributed by atoms with van der Waals surface area (Å²) in [5.41, 5.74) is -0.242. The van der Waals surface area contributed by atoms with Gasteiger partial charge in [-0.1, -0.05) is 0 Å². The highest BCUT2D eigenvalue weighted by Crippen LogP contribution is 2.28. The monoisotopic (exact) mass is 230 g/mol. The largest absolute Gasteiger partial charge is 0.508 e. The van der Waals surface area contributed by atoms with Crippen LogP contribution in [0.15, 0.2) is 18.2 Å². The first kappa shape index (κ1) is 12.4. The number of carboxylic acids is 1. The molecular formula is C10H11FO5. The van der Waals surface area contributed by atoms with Gasteiger partial charge >= 0.3 is 5.97 Å². The molecule has 2 unspecified atom stereocenters. The molecule has 0 heterocycles. The molecule has 0 aliphatic heterocycles. The van der Waals surface area contributed by atoms with Gasteiger partial charge in [0, 0.05) is 5.56 Å². The quantitative estimate of drug-likeness (QED) is 0.600. The van der Waals surface area contributed by atoms with Gasteiger partial charge in [0.15, 0.2) is 0 Å². The SMILES string of the molecule is O=C(O)CC(O)C(O)c1cc(F)ccc1O. The van der Waals surface area contributed by atoms with Crippen LogP contribution in [0.1, 0.15) is 18.1 Å². The third kappa shape index (κ3) is 2.91. The predicted octanol–water partition coefficient (Wildman–Crippen LogP) is 0.400. The Morgan fingerprint density at radius 2 is 2.00 bits per heavy atom. The predicted molar refractivity (Wildman–Crippen MR) is 51.3 cm³/mol. The summed E-state index contributed by atoms with van der Waals surface area (Å²) >= 11 is 0. The number of carboxylic acid groups (broad SMARTS) is 1. The minimum absolute atomic E-state index is 0.242. The fourth-order valence-electron chi connectivity index (χ4n) is 1.26. The van der Waals surface area contributed by atoms with Crippen molar-refractivity contribution in [2.24, 2.45) is 0 Å². The molecule has 6 heteroatoms. The minimum Gasteiger partial charge on any atom is -0.508 e. The normalized spacial score (nSPS) is 14.4. The summed E-state index contributed by atoms with van der Waals surface area (Å²) < 4.78 is 12.8. The van der Waals surface area contributed by atoms with Gasteiger partial charge in [0.2, 0.25) is 0 Å². The van der Waals surface area contributed by atoms with Crippen molar-refractivity contribution in [2.45, 2.75) is 18.6 Å². The maximum absolute atomic E-state index is 12.8. The van der Waals surface area contributed by atoms with Crippen LogP contribution in [0, 0.1) is 5.82 Å². The van der Waals surface area contributed by atoms with E-state index in [1.807, 2.05) is 0 Å². The number of phenols is 1. The molecule has 1 rings (SSSR count). The fraction of sp³-hybridized carbons (Fsp3) is 0.300. The Hall–Kier alpha value is -1.66. The first-order chi connectivity index (χ1) is 7.41. The highest BCUT2D eigenvalue weighted by Gasteiger charge is 2.23. The molecule has 0 radical (unpaired) electrons. The number of aromatic hydroxyl groups is 1. The van der Waals surface area contributed by atoms with Crippen LogP contribution in [0.4, 0.5) is 4.39 Å². The van der Waals surface area contributed by atoms with Crippen LogP contribution in [-0.2, 0) is 4.79 Å². The number of phenolic OH excluding ortho intramolecular Hbond substituents is 1. The third-order valence-corrected chi connectivity index (χ3v) is 2.06. The van der Waals surface area contributed by atoms with Crippen molar-refractivity contribution in [1.29, 1.82) is 0 Å². The van der Waals surface area contributed by atoms with Gasteiger partial charge in [-0.2, -0.15) is 0 Å². The summed E-state index contributed by atoms with van der Waals surface area (Å²) in [4.78, 5) is 10.3. The summed E-state index contributed by atoms with van der Waals surface area (Å²) in [6, 6.07) is 2.83. The molecule has 2 atom stereocenters. The molecule has 0 saturated heterocycles. The number of aliphatic carboxylic acids is 1. The van der Waals surface area contributed by atoms with E-state index in [-0.39, 0.29) is 5.56 Å². The summed E-state index contributed by atoms with van der Waals surface area (Å²) in [6.07, 6.45) is -3.95. The topological polar surface area (TPSA) is 98.0 Å². The van der Waals surface area contributed by atoms with Crippen molar-refractivity contribution in [2.75, 3.05) is 0 Å². The Balaban J connectivity index is 2.90. The van der Waals surface area contributed by atoms with Crippen LogP contribution in [0.2, 0.25) is 0 Å². The van der Waals surface area contributed by atoms with E-state index in [0.717, 1.165) is 18.2 Å². The van der Waals surface area contributed by atoms with Crippen LogP contribution >= 0.6 is 0 Å². The molecule has 0 aliphatic rings. The lowest BCUT2D eigenvalue weighted by Crippen LogP contribution is -2.21. The van der Waals surface area contributed by atoms with Crippen LogP contribution in [0.5, 0.6) is 5.75 Å². The number of hydrogen-bond acceptors (Lipinski definition) is 4. The van der Waals surface area contributed by atoms with Crippen molar-refractivity contribution in [3.8, 4) is 5.75 Å². The van der Waals surface area contributed by atoms with Crippen molar-refractivity contribution in [1.82, 2.24) is 0 Å². The second-order valence-electron chi connectivity index (χ2n) is 3.31. The van der Waals surface area contributed by atoms with Gasteiger partial charge < -0.3 is 20.4 Å². The Kier molecular flexibility index (Phi) is 3.81. The van der Waals surface area contributed by atoms with E-state index in [0.29, 0.717) is 0 Å². The van der Waals surface area contributed by atoms with Crippen molar-refractivity contribution >= 4 is 5.97 Å². The molecule has 0 bridgehead atoms. The molecule has 0 fully saturated rings. The zero-order valence-electron chi connectivity index (χ0n) is 8.17. The van der Waals surface area contributed by atoms with E-state index in [4.69, 9.17) is 5.11 Å². The van der Waals surface area contributed by atoms with E-state index in [2.05, 4.69) is 0 Å². The average molecular weight is 230 g/mol. The standard InChI is InChI=1S/C10H11FO5/c11-5-1-2-7(12)6(3-5)10(16)8(13)4-9(14)15/h1-3,8,10,12-13,16H,4H2,(H,14,15). The molecule has 16 heavy (non-hydrogen) atoms. The average Bonchev–Trinajstić information content (AvgIpc) is 2.19. The molecule has 1 aromatic rings. The maximum Gasteiger partial charge on any atom is 0.306 e. The van der Waals surface area contributed by atoms with Gasteiger partial charge in [-0.15, -0.1) is 0 Å². The zero-order valence-corrected chi connectivity index (χ0v) is 8.17. The summed E-state index contributed by atoms with van der Waals surface area (Å²) in [5, 5.41) is 36.5. The van der Waals surface area contributed by atoms with Gasteiger partial charge in [-0.25, -0.2) is 4.39 Å². The first-order valence-electron chi connectivity index (χ1n) is 4.48. The van der Waals surface area contributed by atoms with Crippen LogP contribution in [0.25, 0.3) is 0 Å². The first-order valence-corrected chi connectivity index (χ1v) is 4.48. The van der Waals surface area contributed by atoms with E-state index in [9.17, 15) is 24.5 Å². The molecule has 0 spiro atoms. The summed E-state index contributed by atoms with van der Waals surface area (Å²) in [5.74, 6) is -2.41. The molecule has 0 aliphatic carbocycles. The lowest BCUT2D eigenvalue weighted by molar-refractivity contribution is -0.141. The molecule has 5 nitrogen and oxygen atoms in total. The van der Waals surface area contributed by atoms with Crippen LogP contribution in [-0.4, -0.2) is 32.5 Å². The number of benzene rings is 1. The number of aliphatic hydroxyl groups excluding tert-OH is 2. The van der Waals surface area contributed by atoms with E-state index in [1.165, 1.54) is 0 Å². The molecule has 4 N–H and O–H groups in total. The molecule has 0 saturated carbocycles. The lowest BCUT2D eigenvalue weighted by Gasteiger charge is -2.17. The summed E-state index contributed by atoms with van der Waals surface area (Å²) in [6.45, 7) is 0. The lowest BCUT2D eigenvalue weighted by atomic mass is 10.0. The summed E-state index contributed by atoms with van der Waals surface area (Å²) in [7, 11) is 0. The van der Waals surface area contributed by atoms with Gasteiger partial charge in [-0.05, 0) is 18.2 Å². The number of rotatable bonds is 4. The van der Waals surface area contributed by atoms with Crippen molar-refractivity contribution in [3.05, 3.63) is 29.6 Å². The van der Waals surface area contributed by atoms with E-state index in [1.54, 1.807) is 0 Å². The smallest absolute Gasteiger partial charge is 0.306 e. The van der Waals surface area contributed by atoms with Gasteiger partial charge in [0.1, 0.15) is 17.7 Å². The number of halogens is 1. The zero-order chi connectivity index (χ0) is 12.3. The Labute approximate surface area is 90.4 Å². The van der Waals surface area contributed by atoms with Gasteiger partial charge in [0.25, 0.3) is 0 Å². The second-order valence-corrected chi connectivity index (χ2v) is 3.31.